The number of hydrogen-bond donors (Lipinski definition) is 3. The van der Waals surface area contributed by atoms with Crippen LogP contribution in [-0.4, -0.2) is 22.9 Å². The quantitative estimate of drug-likeness (QED) is 0.689. The van der Waals surface area contributed by atoms with Crippen LogP contribution < -0.4 is 11.1 Å². The zero-order valence-corrected chi connectivity index (χ0v) is 15.9. The summed E-state index contributed by atoms with van der Waals surface area (Å²) in [6, 6.07) is 0. The molecule has 2 amide bonds. The molecule has 3 aliphatic rings. The molecule has 1 saturated carbocycles. The van der Waals surface area contributed by atoms with Crippen LogP contribution in [0.25, 0.3) is 0 Å². The van der Waals surface area contributed by atoms with Crippen LogP contribution in [-0.2, 0) is 22.4 Å². The highest BCUT2D eigenvalue weighted by Crippen LogP contribution is 2.49. The number of nitrogens with one attached hydrogen (secondary N) is 1. The molecule has 4 rings (SSSR count). The first-order chi connectivity index (χ1) is 13.0. The average molecular weight is 388 g/mol. The normalized spacial score (nSPS) is 29.0. The fraction of sp³-hybridized carbons (Fsp3) is 0.550. The molecule has 0 aromatic carbocycles. The highest BCUT2D eigenvalue weighted by Gasteiger charge is 2.51. The van der Waals surface area contributed by atoms with E-state index in [1.807, 2.05) is 12.2 Å². The van der Waals surface area contributed by atoms with Crippen LogP contribution in [0.1, 0.15) is 52.9 Å². The van der Waals surface area contributed by atoms with Crippen LogP contribution in [0.15, 0.2) is 12.2 Å². The molecule has 1 aromatic rings. The summed E-state index contributed by atoms with van der Waals surface area (Å²) in [6.07, 6.45) is 10.6. The predicted octanol–water partition coefficient (Wildman–Crippen LogP) is 2.97. The summed E-state index contributed by atoms with van der Waals surface area (Å²) >= 11 is 1.43. The smallest absolute Gasteiger partial charge is 0.307 e. The highest BCUT2D eigenvalue weighted by molar-refractivity contribution is 7.17. The van der Waals surface area contributed by atoms with Crippen LogP contribution in [0.2, 0.25) is 0 Å². The van der Waals surface area contributed by atoms with Gasteiger partial charge in [-0.05, 0) is 49.5 Å². The SMILES string of the molecule is NC(=O)c1c(NC(=O)C2C3C=CC(C3)C2C(=O)O)sc2c1CCCCCC2. The maximum Gasteiger partial charge on any atom is 0.307 e. The number of primary amides is 1. The second kappa shape index (κ2) is 7.11. The van der Waals surface area contributed by atoms with Crippen molar-refractivity contribution >= 4 is 34.1 Å². The van der Waals surface area contributed by atoms with Gasteiger partial charge in [-0.1, -0.05) is 25.0 Å². The number of fused-ring (bicyclic) bond motifs is 3. The van der Waals surface area contributed by atoms with E-state index in [4.69, 9.17) is 5.73 Å². The summed E-state index contributed by atoms with van der Waals surface area (Å²) in [5.41, 5.74) is 7.05. The summed E-state index contributed by atoms with van der Waals surface area (Å²) in [4.78, 5) is 37.9. The van der Waals surface area contributed by atoms with Crippen molar-refractivity contribution in [1.82, 2.24) is 0 Å². The number of thiophene rings is 1. The van der Waals surface area contributed by atoms with Gasteiger partial charge in [-0.3, -0.25) is 14.4 Å². The first-order valence-electron chi connectivity index (χ1n) is 9.63. The number of rotatable bonds is 4. The molecule has 3 aliphatic carbocycles. The minimum atomic E-state index is -0.930. The summed E-state index contributed by atoms with van der Waals surface area (Å²) in [7, 11) is 0. The number of aliphatic carboxylic acids is 1. The van der Waals surface area contributed by atoms with Gasteiger partial charge in [0, 0.05) is 4.88 Å². The van der Waals surface area contributed by atoms with Gasteiger partial charge in [0.1, 0.15) is 5.00 Å². The summed E-state index contributed by atoms with van der Waals surface area (Å²) < 4.78 is 0. The molecule has 1 aromatic heterocycles. The molecule has 144 valence electrons. The van der Waals surface area contributed by atoms with E-state index >= 15 is 0 Å². The Hall–Kier alpha value is -2.15. The molecule has 2 bridgehead atoms. The molecule has 1 fully saturated rings. The van der Waals surface area contributed by atoms with Gasteiger partial charge in [-0.25, -0.2) is 0 Å². The Morgan fingerprint density at radius 2 is 1.70 bits per heavy atom. The van der Waals surface area contributed by atoms with Crippen molar-refractivity contribution in [3.05, 3.63) is 28.2 Å². The number of allylic oxidation sites excluding steroid dienone is 2. The number of carbonyl (C=O) groups is 3. The number of hydrogen-bond acceptors (Lipinski definition) is 4. The number of amides is 2. The first-order valence-corrected chi connectivity index (χ1v) is 10.5. The second-order valence-electron chi connectivity index (χ2n) is 7.81. The molecular weight excluding hydrogens is 364 g/mol. The zero-order chi connectivity index (χ0) is 19.1. The molecule has 0 spiro atoms. The fourth-order valence-electron chi connectivity index (χ4n) is 4.98. The van der Waals surface area contributed by atoms with Gasteiger partial charge in [0.25, 0.3) is 5.91 Å². The minimum Gasteiger partial charge on any atom is -0.481 e. The minimum absolute atomic E-state index is 0.0471. The second-order valence-corrected chi connectivity index (χ2v) is 8.92. The Kier molecular flexibility index (Phi) is 4.80. The molecule has 6 nitrogen and oxygen atoms in total. The van der Waals surface area contributed by atoms with E-state index in [1.54, 1.807) is 0 Å². The van der Waals surface area contributed by atoms with Crippen molar-refractivity contribution in [2.24, 2.45) is 29.4 Å². The van der Waals surface area contributed by atoms with Crippen molar-refractivity contribution in [2.45, 2.75) is 44.9 Å². The topological polar surface area (TPSA) is 109 Å². The Labute approximate surface area is 161 Å². The van der Waals surface area contributed by atoms with Gasteiger partial charge in [-0.15, -0.1) is 11.3 Å². The summed E-state index contributed by atoms with van der Waals surface area (Å²) in [6.45, 7) is 0. The zero-order valence-electron chi connectivity index (χ0n) is 15.1. The van der Waals surface area contributed by atoms with Crippen LogP contribution in [0.5, 0.6) is 0 Å². The van der Waals surface area contributed by atoms with E-state index in [0.717, 1.165) is 42.5 Å². The van der Waals surface area contributed by atoms with Gasteiger partial charge in [0.2, 0.25) is 5.91 Å². The monoisotopic (exact) mass is 388 g/mol. The largest absolute Gasteiger partial charge is 0.481 e. The lowest BCUT2D eigenvalue weighted by Gasteiger charge is -2.23. The van der Waals surface area contributed by atoms with E-state index in [0.29, 0.717) is 17.0 Å². The maximum atomic E-state index is 13.0. The lowest BCUT2D eigenvalue weighted by molar-refractivity contribution is -0.146. The number of aryl methyl sites for hydroxylation is 1. The van der Waals surface area contributed by atoms with Crippen LogP contribution in [0.4, 0.5) is 5.00 Å². The average Bonchev–Trinajstić information content (AvgIpc) is 3.27. The van der Waals surface area contributed by atoms with Gasteiger partial charge >= 0.3 is 5.97 Å². The molecule has 4 N–H and O–H groups in total. The fourth-order valence-corrected chi connectivity index (χ4v) is 6.28. The van der Waals surface area contributed by atoms with E-state index in [2.05, 4.69) is 5.32 Å². The highest BCUT2D eigenvalue weighted by atomic mass is 32.1. The van der Waals surface area contributed by atoms with E-state index in [9.17, 15) is 19.5 Å². The van der Waals surface area contributed by atoms with Crippen LogP contribution >= 0.6 is 11.3 Å². The molecule has 1 heterocycles. The van der Waals surface area contributed by atoms with Crippen LogP contribution in [0.3, 0.4) is 0 Å². The number of anilines is 1. The van der Waals surface area contributed by atoms with Gasteiger partial charge in [0.15, 0.2) is 0 Å². The number of carboxylic acids is 1. The van der Waals surface area contributed by atoms with Gasteiger partial charge < -0.3 is 16.2 Å². The Balaban J connectivity index is 1.63. The predicted molar refractivity (Wildman–Crippen MR) is 103 cm³/mol. The Morgan fingerprint density at radius 1 is 1.04 bits per heavy atom. The van der Waals surface area contributed by atoms with Gasteiger partial charge in [-0.2, -0.15) is 0 Å². The van der Waals surface area contributed by atoms with E-state index in [-0.39, 0.29) is 17.7 Å². The first kappa shape index (κ1) is 18.2. The van der Waals surface area contributed by atoms with Gasteiger partial charge in [0.05, 0.1) is 17.4 Å². The lowest BCUT2D eigenvalue weighted by atomic mass is 9.82. The molecule has 0 aliphatic heterocycles. The summed E-state index contributed by atoms with van der Waals surface area (Å²) in [5.74, 6) is -3.18. The Morgan fingerprint density at radius 3 is 2.37 bits per heavy atom. The van der Waals surface area contributed by atoms with Crippen molar-refractivity contribution in [3.63, 3.8) is 0 Å². The Bertz CT molecular complexity index is 828. The molecule has 4 atom stereocenters. The lowest BCUT2D eigenvalue weighted by Crippen LogP contribution is -2.36. The third kappa shape index (κ3) is 3.18. The number of carbonyl (C=O) groups excluding carboxylic acids is 2. The molecular formula is C20H24N2O4S. The third-order valence-corrected chi connectivity index (χ3v) is 7.41. The number of carboxylic acid groups (broad SMARTS) is 1. The maximum absolute atomic E-state index is 13.0. The van der Waals surface area contributed by atoms with Crippen molar-refractivity contribution < 1.29 is 19.5 Å². The van der Waals surface area contributed by atoms with Crippen molar-refractivity contribution in [2.75, 3.05) is 5.32 Å². The number of nitrogens with two attached hydrogens (primary N) is 1. The molecule has 27 heavy (non-hydrogen) atoms. The molecule has 0 saturated heterocycles. The molecule has 0 radical (unpaired) electrons. The van der Waals surface area contributed by atoms with Crippen molar-refractivity contribution in [3.8, 4) is 0 Å². The molecule has 4 unspecified atom stereocenters. The van der Waals surface area contributed by atoms with Crippen molar-refractivity contribution in [1.29, 1.82) is 0 Å². The standard InChI is InChI=1S/C20H24N2O4S/c21-17(23)16-12-5-3-1-2-4-6-13(12)27-19(16)22-18(24)14-10-7-8-11(9-10)15(14)20(25)26/h7-8,10-11,14-15H,1-6,9H2,(H2,21,23)(H,22,24)(H,25,26). The third-order valence-electron chi connectivity index (χ3n) is 6.20. The van der Waals surface area contributed by atoms with E-state index < -0.39 is 23.7 Å². The summed E-state index contributed by atoms with van der Waals surface area (Å²) in [5, 5.41) is 13.0. The van der Waals surface area contributed by atoms with E-state index in [1.165, 1.54) is 17.8 Å². The van der Waals surface area contributed by atoms with Crippen LogP contribution in [0, 0.1) is 23.7 Å². The molecule has 7 heteroatoms.